The molecule has 1 aromatic carbocycles. The Kier molecular flexibility index (Phi) is 7.51. The quantitative estimate of drug-likeness (QED) is 0.707. The number of alkyl carbamates (subject to hydrolysis) is 1. The molecule has 0 unspecified atom stereocenters. The number of carbonyl (C=O) groups is 2. The van der Waals surface area contributed by atoms with Crippen molar-refractivity contribution in [1.29, 1.82) is 0 Å². The first-order valence-corrected chi connectivity index (χ1v) is 7.67. The SMILES string of the molecule is COCCCOc1ccc([C@@H](NC(=O)OC(C)(C)C)C(=O)O)cc1. The van der Waals surface area contributed by atoms with Gasteiger partial charge in [0.15, 0.2) is 6.04 Å². The molecule has 0 aliphatic carbocycles. The molecule has 1 aromatic rings. The molecule has 0 spiro atoms. The van der Waals surface area contributed by atoms with E-state index in [4.69, 9.17) is 14.2 Å². The van der Waals surface area contributed by atoms with Gasteiger partial charge in [0, 0.05) is 20.1 Å². The standard InChI is InChI=1S/C17H25NO6/c1-17(2,3)24-16(21)18-14(15(19)20)12-6-8-13(9-7-12)23-11-5-10-22-4/h6-9,14H,5,10-11H2,1-4H3,(H,18,21)(H,19,20)/t14-/m1/s1. The summed E-state index contributed by atoms with van der Waals surface area (Å²) < 4.78 is 15.5. The van der Waals surface area contributed by atoms with Gasteiger partial charge < -0.3 is 24.6 Å². The normalized spacial score (nSPS) is 12.3. The Morgan fingerprint density at radius 2 is 1.79 bits per heavy atom. The minimum Gasteiger partial charge on any atom is -0.494 e. The van der Waals surface area contributed by atoms with Crippen LogP contribution in [-0.2, 0) is 14.3 Å². The molecule has 2 N–H and O–H groups in total. The number of hydrogen-bond acceptors (Lipinski definition) is 5. The molecule has 134 valence electrons. The zero-order chi connectivity index (χ0) is 18.2. The van der Waals surface area contributed by atoms with Gasteiger partial charge in [0.1, 0.15) is 11.4 Å². The number of amides is 1. The highest BCUT2D eigenvalue weighted by Crippen LogP contribution is 2.19. The Bertz CT molecular complexity index is 535. The molecule has 7 nitrogen and oxygen atoms in total. The second-order valence-corrected chi connectivity index (χ2v) is 6.18. The minimum absolute atomic E-state index is 0.428. The molecule has 0 aliphatic heterocycles. The second kappa shape index (κ2) is 9.12. The summed E-state index contributed by atoms with van der Waals surface area (Å²) >= 11 is 0. The van der Waals surface area contributed by atoms with Crippen molar-refractivity contribution in [2.45, 2.75) is 38.8 Å². The smallest absolute Gasteiger partial charge is 0.408 e. The van der Waals surface area contributed by atoms with Gasteiger partial charge in [0.05, 0.1) is 6.61 Å². The van der Waals surface area contributed by atoms with Crippen LogP contribution in [0.15, 0.2) is 24.3 Å². The Hall–Kier alpha value is -2.28. The highest BCUT2D eigenvalue weighted by atomic mass is 16.6. The molecule has 0 aromatic heterocycles. The van der Waals surface area contributed by atoms with Crippen molar-refractivity contribution >= 4 is 12.1 Å². The average Bonchev–Trinajstić information content (AvgIpc) is 2.48. The fourth-order valence-electron chi connectivity index (χ4n) is 1.86. The molecule has 1 rings (SSSR count). The summed E-state index contributed by atoms with van der Waals surface area (Å²) in [7, 11) is 1.62. The fourth-order valence-corrected chi connectivity index (χ4v) is 1.86. The van der Waals surface area contributed by atoms with Gasteiger partial charge in [-0.1, -0.05) is 12.1 Å². The van der Waals surface area contributed by atoms with E-state index in [2.05, 4.69) is 5.32 Å². The van der Waals surface area contributed by atoms with Gasteiger partial charge in [-0.3, -0.25) is 0 Å². The predicted molar refractivity (Wildman–Crippen MR) is 88.2 cm³/mol. The van der Waals surface area contributed by atoms with Gasteiger partial charge in [0.25, 0.3) is 0 Å². The van der Waals surface area contributed by atoms with Gasteiger partial charge >= 0.3 is 12.1 Å². The Morgan fingerprint density at radius 3 is 2.29 bits per heavy atom. The Morgan fingerprint density at radius 1 is 1.17 bits per heavy atom. The summed E-state index contributed by atoms with van der Waals surface area (Å²) in [6.07, 6.45) is -0.0225. The number of ether oxygens (including phenoxy) is 3. The molecule has 0 fully saturated rings. The number of carbonyl (C=O) groups excluding carboxylic acids is 1. The van der Waals surface area contributed by atoms with Crippen LogP contribution in [0.4, 0.5) is 4.79 Å². The number of carboxylic acids is 1. The molecule has 0 saturated carbocycles. The van der Waals surface area contributed by atoms with Crippen LogP contribution in [0.2, 0.25) is 0 Å². The van der Waals surface area contributed by atoms with E-state index in [9.17, 15) is 14.7 Å². The van der Waals surface area contributed by atoms with Crippen LogP contribution in [-0.4, -0.2) is 43.1 Å². The summed E-state index contributed by atoms with van der Waals surface area (Å²) in [4.78, 5) is 23.2. The fraction of sp³-hybridized carbons (Fsp3) is 0.529. The topological polar surface area (TPSA) is 94.1 Å². The third kappa shape index (κ3) is 7.32. The molecule has 0 aliphatic rings. The number of aliphatic carboxylic acids is 1. The number of benzene rings is 1. The van der Waals surface area contributed by atoms with Gasteiger partial charge in [-0.15, -0.1) is 0 Å². The molecule has 1 amide bonds. The summed E-state index contributed by atoms with van der Waals surface area (Å²) in [6.45, 7) is 6.24. The second-order valence-electron chi connectivity index (χ2n) is 6.18. The van der Waals surface area contributed by atoms with Crippen LogP contribution in [0.1, 0.15) is 38.8 Å². The lowest BCUT2D eigenvalue weighted by atomic mass is 10.1. The van der Waals surface area contributed by atoms with Crippen molar-refractivity contribution in [3.8, 4) is 5.75 Å². The lowest BCUT2D eigenvalue weighted by Crippen LogP contribution is -2.38. The summed E-state index contributed by atoms with van der Waals surface area (Å²) in [5.74, 6) is -0.550. The molecule has 0 saturated heterocycles. The zero-order valence-corrected chi connectivity index (χ0v) is 14.5. The molecule has 24 heavy (non-hydrogen) atoms. The highest BCUT2D eigenvalue weighted by Gasteiger charge is 2.25. The molecule has 1 atom stereocenters. The van der Waals surface area contributed by atoms with Crippen molar-refractivity contribution in [2.24, 2.45) is 0 Å². The first kappa shape index (κ1) is 19.8. The lowest BCUT2D eigenvalue weighted by molar-refractivity contribution is -0.139. The van der Waals surface area contributed by atoms with E-state index in [0.717, 1.165) is 6.42 Å². The number of nitrogens with one attached hydrogen (secondary N) is 1. The van der Waals surface area contributed by atoms with Crippen LogP contribution in [0.5, 0.6) is 5.75 Å². The third-order valence-corrected chi connectivity index (χ3v) is 2.88. The van der Waals surface area contributed by atoms with E-state index < -0.39 is 23.7 Å². The van der Waals surface area contributed by atoms with Crippen LogP contribution < -0.4 is 10.1 Å². The molecule has 0 heterocycles. The van der Waals surface area contributed by atoms with Gasteiger partial charge in [-0.05, 0) is 38.5 Å². The van der Waals surface area contributed by atoms with Crippen molar-refractivity contribution in [1.82, 2.24) is 5.32 Å². The molecule has 0 bridgehead atoms. The number of carboxylic acid groups (broad SMARTS) is 1. The van der Waals surface area contributed by atoms with E-state index in [1.54, 1.807) is 52.1 Å². The number of methoxy groups -OCH3 is 1. The zero-order valence-electron chi connectivity index (χ0n) is 14.5. The van der Waals surface area contributed by atoms with E-state index in [0.29, 0.717) is 24.5 Å². The van der Waals surface area contributed by atoms with Crippen LogP contribution >= 0.6 is 0 Å². The van der Waals surface area contributed by atoms with Crippen molar-refractivity contribution in [3.05, 3.63) is 29.8 Å². The molecule has 7 heteroatoms. The first-order chi connectivity index (χ1) is 11.2. The number of hydrogen-bond donors (Lipinski definition) is 2. The Balaban J connectivity index is 2.68. The average molecular weight is 339 g/mol. The summed E-state index contributed by atoms with van der Waals surface area (Å²) in [5.41, 5.74) is -0.273. The largest absolute Gasteiger partial charge is 0.494 e. The summed E-state index contributed by atoms with van der Waals surface area (Å²) in [5, 5.41) is 11.7. The maximum absolute atomic E-state index is 11.8. The van der Waals surface area contributed by atoms with E-state index in [1.165, 1.54) is 0 Å². The maximum atomic E-state index is 11.8. The van der Waals surface area contributed by atoms with Crippen molar-refractivity contribution in [3.63, 3.8) is 0 Å². The van der Waals surface area contributed by atoms with E-state index in [1.807, 2.05) is 0 Å². The van der Waals surface area contributed by atoms with Crippen LogP contribution in [0.25, 0.3) is 0 Å². The van der Waals surface area contributed by atoms with Crippen LogP contribution in [0, 0.1) is 0 Å². The van der Waals surface area contributed by atoms with Crippen molar-refractivity contribution in [2.75, 3.05) is 20.3 Å². The van der Waals surface area contributed by atoms with Gasteiger partial charge in [-0.2, -0.15) is 0 Å². The van der Waals surface area contributed by atoms with Crippen molar-refractivity contribution < 1.29 is 28.9 Å². The molecular formula is C17H25NO6. The van der Waals surface area contributed by atoms with Crippen LogP contribution in [0.3, 0.4) is 0 Å². The Labute approximate surface area is 141 Å². The maximum Gasteiger partial charge on any atom is 0.408 e. The van der Waals surface area contributed by atoms with Gasteiger partial charge in [-0.25, -0.2) is 9.59 Å². The lowest BCUT2D eigenvalue weighted by Gasteiger charge is -2.22. The molecular weight excluding hydrogens is 314 g/mol. The summed E-state index contributed by atoms with van der Waals surface area (Å²) in [6, 6.07) is 5.33. The predicted octanol–water partition coefficient (Wildman–Crippen LogP) is 2.75. The van der Waals surface area contributed by atoms with E-state index in [-0.39, 0.29) is 0 Å². The monoisotopic (exact) mass is 339 g/mol. The first-order valence-electron chi connectivity index (χ1n) is 7.67. The molecule has 0 radical (unpaired) electrons. The third-order valence-electron chi connectivity index (χ3n) is 2.88. The highest BCUT2D eigenvalue weighted by molar-refractivity contribution is 5.81. The number of rotatable bonds is 8. The minimum atomic E-state index is -1.19. The van der Waals surface area contributed by atoms with E-state index >= 15 is 0 Å². The van der Waals surface area contributed by atoms with Gasteiger partial charge in [0.2, 0.25) is 0 Å².